The molecule has 0 unspecified atom stereocenters. The molecule has 3 atom stereocenters. The molecular weight excluding hydrogens is 374 g/mol. The van der Waals surface area contributed by atoms with Gasteiger partial charge in [0.1, 0.15) is 18.4 Å². The van der Waals surface area contributed by atoms with Crippen LogP contribution >= 0.6 is 0 Å². The Hall–Kier alpha value is -2.16. The molecule has 9 heteroatoms. The van der Waals surface area contributed by atoms with Crippen LogP contribution in [0, 0.1) is 5.92 Å². The van der Waals surface area contributed by atoms with Crippen molar-refractivity contribution in [3.63, 3.8) is 0 Å². The van der Waals surface area contributed by atoms with Crippen LogP contribution in [-0.4, -0.2) is 65.3 Å². The maximum absolute atomic E-state index is 12.9. The van der Waals surface area contributed by atoms with Crippen LogP contribution in [0.3, 0.4) is 0 Å². The van der Waals surface area contributed by atoms with Crippen LogP contribution in [0.2, 0.25) is 0 Å². The standard InChI is InChI=1S/C20H35N5O4/c21-20(22)23-11-5-9-15(13-26)24-18(28)16-10-6-12-25(16)19(29)17(27)14-7-3-1-2-4-8-14/h13-17,27H,1-12H2,(H,24,28)(H4,21,22,23)/t15-,16-,17+/m0/s1. The summed E-state index contributed by atoms with van der Waals surface area (Å²) in [5.41, 5.74) is 10.5. The number of nitrogens with zero attached hydrogens (tertiary/aromatic N) is 2. The van der Waals surface area contributed by atoms with Gasteiger partial charge < -0.3 is 31.6 Å². The SMILES string of the molecule is NC(N)=NCCC[C@@H](C=O)NC(=O)[C@@H]1CCCN1C(=O)[C@H](O)C1CCCCCC1. The summed E-state index contributed by atoms with van der Waals surface area (Å²) in [6.07, 6.45) is 7.88. The molecule has 2 rings (SSSR count). The van der Waals surface area contributed by atoms with Crippen molar-refractivity contribution in [1.29, 1.82) is 0 Å². The fourth-order valence-electron chi connectivity index (χ4n) is 4.27. The van der Waals surface area contributed by atoms with Crippen LogP contribution < -0.4 is 16.8 Å². The number of likely N-dealkylation sites (tertiary alicyclic amines) is 1. The highest BCUT2D eigenvalue weighted by Gasteiger charge is 2.39. The molecule has 0 aromatic rings. The lowest BCUT2D eigenvalue weighted by atomic mass is 9.93. The second-order valence-corrected chi connectivity index (χ2v) is 8.09. The summed E-state index contributed by atoms with van der Waals surface area (Å²) in [7, 11) is 0. The van der Waals surface area contributed by atoms with Gasteiger partial charge in [0.15, 0.2) is 5.96 Å². The lowest BCUT2D eigenvalue weighted by Gasteiger charge is -2.30. The Morgan fingerprint density at radius 1 is 1.14 bits per heavy atom. The minimum Gasteiger partial charge on any atom is -0.383 e. The predicted molar refractivity (Wildman–Crippen MR) is 110 cm³/mol. The van der Waals surface area contributed by atoms with Crippen LogP contribution in [0.1, 0.15) is 64.2 Å². The first-order valence-corrected chi connectivity index (χ1v) is 10.7. The van der Waals surface area contributed by atoms with Gasteiger partial charge in [0.05, 0.1) is 6.04 Å². The lowest BCUT2D eigenvalue weighted by molar-refractivity contribution is -0.148. The number of aldehydes is 1. The molecule has 0 spiro atoms. The fraction of sp³-hybridized carbons (Fsp3) is 0.800. The predicted octanol–water partition coefficient (Wildman–Crippen LogP) is 0.0460. The van der Waals surface area contributed by atoms with Gasteiger partial charge in [-0.25, -0.2) is 0 Å². The Balaban J connectivity index is 1.90. The molecule has 1 aliphatic heterocycles. The van der Waals surface area contributed by atoms with Gasteiger partial charge in [0.25, 0.3) is 5.91 Å². The molecule has 6 N–H and O–H groups in total. The molecule has 0 bridgehead atoms. The number of guanidine groups is 1. The second-order valence-electron chi connectivity index (χ2n) is 8.09. The molecule has 2 aliphatic rings. The van der Waals surface area contributed by atoms with Crippen molar-refractivity contribution in [1.82, 2.24) is 10.2 Å². The summed E-state index contributed by atoms with van der Waals surface area (Å²) in [6.45, 7) is 0.834. The van der Waals surface area contributed by atoms with E-state index in [1.165, 1.54) is 4.90 Å². The number of hydrogen-bond acceptors (Lipinski definition) is 5. The van der Waals surface area contributed by atoms with E-state index in [0.29, 0.717) is 45.1 Å². The van der Waals surface area contributed by atoms with Crippen molar-refractivity contribution in [2.45, 2.75) is 82.4 Å². The number of nitrogens with one attached hydrogen (secondary N) is 1. The molecular formula is C20H35N5O4. The highest BCUT2D eigenvalue weighted by atomic mass is 16.3. The van der Waals surface area contributed by atoms with Crippen LogP contribution in [0.4, 0.5) is 0 Å². The zero-order valence-electron chi connectivity index (χ0n) is 17.1. The van der Waals surface area contributed by atoms with Gasteiger partial charge in [0, 0.05) is 13.1 Å². The Labute approximate surface area is 172 Å². The van der Waals surface area contributed by atoms with Crippen LogP contribution in [-0.2, 0) is 14.4 Å². The van der Waals surface area contributed by atoms with E-state index in [4.69, 9.17) is 11.5 Å². The van der Waals surface area contributed by atoms with E-state index in [0.717, 1.165) is 38.5 Å². The van der Waals surface area contributed by atoms with Gasteiger partial charge in [-0.1, -0.05) is 25.7 Å². The third-order valence-electron chi connectivity index (χ3n) is 5.90. The van der Waals surface area contributed by atoms with Crippen LogP contribution in [0.5, 0.6) is 0 Å². The monoisotopic (exact) mass is 409 g/mol. The number of rotatable bonds is 9. The number of aliphatic hydroxyl groups is 1. The Morgan fingerprint density at radius 3 is 2.45 bits per heavy atom. The average Bonchev–Trinajstić information content (AvgIpc) is 3.04. The van der Waals surface area contributed by atoms with Crippen molar-refractivity contribution in [2.24, 2.45) is 22.4 Å². The van der Waals surface area contributed by atoms with Gasteiger partial charge >= 0.3 is 0 Å². The summed E-state index contributed by atoms with van der Waals surface area (Å²) >= 11 is 0. The van der Waals surface area contributed by atoms with Crippen molar-refractivity contribution in [2.75, 3.05) is 13.1 Å². The number of amides is 2. The number of carbonyl (C=O) groups is 3. The summed E-state index contributed by atoms with van der Waals surface area (Å²) in [6, 6.07) is -1.29. The first-order valence-electron chi connectivity index (χ1n) is 10.7. The average molecular weight is 410 g/mol. The van der Waals surface area contributed by atoms with E-state index in [9.17, 15) is 19.5 Å². The normalized spacial score (nSPS) is 22.4. The highest BCUT2D eigenvalue weighted by molar-refractivity contribution is 5.91. The molecule has 1 heterocycles. The molecule has 29 heavy (non-hydrogen) atoms. The van der Waals surface area contributed by atoms with Gasteiger partial charge in [-0.3, -0.25) is 14.6 Å². The van der Waals surface area contributed by atoms with Crippen molar-refractivity contribution in [3.05, 3.63) is 0 Å². The second kappa shape index (κ2) is 11.7. The molecule has 2 amide bonds. The number of nitrogens with two attached hydrogens (primary N) is 2. The van der Waals surface area contributed by atoms with Gasteiger partial charge in [-0.2, -0.15) is 0 Å². The van der Waals surface area contributed by atoms with E-state index < -0.39 is 18.2 Å². The number of aliphatic hydroxyl groups excluding tert-OH is 1. The first-order chi connectivity index (χ1) is 13.9. The summed E-state index contributed by atoms with van der Waals surface area (Å²) in [4.78, 5) is 42.3. The Kier molecular flexibility index (Phi) is 9.37. The van der Waals surface area contributed by atoms with Crippen molar-refractivity contribution < 1.29 is 19.5 Å². The summed E-state index contributed by atoms with van der Waals surface area (Å²) in [5.74, 6) is -0.746. The first kappa shape index (κ1) is 23.1. The molecule has 0 aromatic heterocycles. The van der Waals surface area contributed by atoms with E-state index in [-0.39, 0.29) is 23.7 Å². The fourth-order valence-corrected chi connectivity index (χ4v) is 4.27. The van der Waals surface area contributed by atoms with E-state index >= 15 is 0 Å². The lowest BCUT2D eigenvalue weighted by Crippen LogP contribution is -2.52. The molecule has 0 aromatic carbocycles. The van der Waals surface area contributed by atoms with Gasteiger partial charge in [-0.05, 0) is 44.4 Å². The Bertz CT molecular complexity index is 585. The third-order valence-corrected chi connectivity index (χ3v) is 5.90. The van der Waals surface area contributed by atoms with Crippen molar-refractivity contribution >= 4 is 24.1 Å². The van der Waals surface area contributed by atoms with Gasteiger partial charge in [0.2, 0.25) is 5.91 Å². The van der Waals surface area contributed by atoms with E-state index in [1.54, 1.807) is 0 Å². The topological polar surface area (TPSA) is 151 Å². The minimum absolute atomic E-state index is 0.0102. The molecule has 164 valence electrons. The Morgan fingerprint density at radius 2 is 1.83 bits per heavy atom. The maximum Gasteiger partial charge on any atom is 0.252 e. The molecule has 1 saturated heterocycles. The van der Waals surface area contributed by atoms with Crippen LogP contribution in [0.15, 0.2) is 4.99 Å². The highest BCUT2D eigenvalue weighted by Crippen LogP contribution is 2.28. The smallest absolute Gasteiger partial charge is 0.252 e. The molecule has 0 radical (unpaired) electrons. The van der Waals surface area contributed by atoms with E-state index in [1.807, 2.05) is 0 Å². The van der Waals surface area contributed by atoms with E-state index in [2.05, 4.69) is 10.3 Å². The quantitative estimate of drug-likeness (QED) is 0.139. The largest absolute Gasteiger partial charge is 0.383 e. The molecule has 1 aliphatic carbocycles. The minimum atomic E-state index is -1.05. The molecule has 1 saturated carbocycles. The van der Waals surface area contributed by atoms with Crippen LogP contribution in [0.25, 0.3) is 0 Å². The molecule has 2 fully saturated rings. The summed E-state index contributed by atoms with van der Waals surface area (Å²) < 4.78 is 0. The van der Waals surface area contributed by atoms with Gasteiger partial charge in [-0.15, -0.1) is 0 Å². The van der Waals surface area contributed by atoms with Crippen molar-refractivity contribution in [3.8, 4) is 0 Å². The molecule has 9 nitrogen and oxygen atoms in total. The zero-order valence-corrected chi connectivity index (χ0v) is 17.1. The number of aliphatic imine (C=N–C) groups is 1. The maximum atomic E-state index is 12.9. The number of carbonyl (C=O) groups excluding carboxylic acids is 3. The summed E-state index contributed by atoms with van der Waals surface area (Å²) in [5, 5.41) is 13.3. The third kappa shape index (κ3) is 6.99. The zero-order chi connectivity index (χ0) is 21.2. The number of hydrogen-bond donors (Lipinski definition) is 4.